The van der Waals surface area contributed by atoms with Crippen LogP contribution in [0.4, 0.5) is 8.78 Å². The second-order valence-corrected chi connectivity index (χ2v) is 7.87. The van der Waals surface area contributed by atoms with Crippen LogP contribution in [0.1, 0.15) is 55.7 Å². The minimum Gasteiger partial charge on any atom is -0.307 e. The first kappa shape index (κ1) is 18.3. The molecule has 2 heterocycles. The fourth-order valence-electron chi connectivity index (χ4n) is 4.30. The minimum absolute atomic E-state index is 0.0251. The number of nitrogens with one attached hydrogen (secondary N) is 1. The molecule has 1 saturated heterocycles. The summed E-state index contributed by atoms with van der Waals surface area (Å²) in [5.74, 6) is -1.67. The van der Waals surface area contributed by atoms with E-state index in [0.29, 0.717) is 31.3 Å². The van der Waals surface area contributed by atoms with Crippen LogP contribution in [0.15, 0.2) is 35.1 Å². The van der Waals surface area contributed by atoms with Crippen molar-refractivity contribution in [3.63, 3.8) is 0 Å². The predicted octanol–water partition coefficient (Wildman–Crippen LogP) is 4.33. The van der Waals surface area contributed by atoms with Crippen molar-refractivity contribution in [2.45, 2.75) is 56.9 Å². The Balaban J connectivity index is 1.56. The quantitative estimate of drug-likeness (QED) is 0.868. The van der Waals surface area contributed by atoms with Gasteiger partial charge < -0.3 is 4.98 Å². The first-order chi connectivity index (χ1) is 13.0. The Labute approximate surface area is 157 Å². The van der Waals surface area contributed by atoms with Gasteiger partial charge in [-0.2, -0.15) is 0 Å². The third kappa shape index (κ3) is 4.43. The second-order valence-electron chi connectivity index (χ2n) is 7.87. The van der Waals surface area contributed by atoms with Gasteiger partial charge in [-0.1, -0.05) is 31.0 Å². The summed E-state index contributed by atoms with van der Waals surface area (Å²) in [5, 5.41) is 0. The molecule has 2 aromatic rings. The molecule has 0 spiro atoms. The van der Waals surface area contributed by atoms with Crippen molar-refractivity contribution in [3.8, 4) is 11.4 Å². The number of halogens is 2. The van der Waals surface area contributed by atoms with Crippen LogP contribution < -0.4 is 5.56 Å². The molecule has 1 N–H and O–H groups in total. The van der Waals surface area contributed by atoms with Gasteiger partial charge in [0.15, 0.2) is 0 Å². The van der Waals surface area contributed by atoms with Crippen molar-refractivity contribution in [1.82, 2.24) is 14.9 Å². The van der Waals surface area contributed by atoms with Gasteiger partial charge in [0, 0.05) is 30.5 Å². The lowest BCUT2D eigenvalue weighted by molar-refractivity contribution is -0.0661. The average Bonchev–Trinajstić information content (AvgIpc) is 3.15. The topological polar surface area (TPSA) is 49.0 Å². The highest BCUT2D eigenvalue weighted by Gasteiger charge is 2.34. The Morgan fingerprint density at radius 2 is 2.00 bits per heavy atom. The summed E-state index contributed by atoms with van der Waals surface area (Å²) in [4.78, 5) is 21.5. The fourth-order valence-corrected chi connectivity index (χ4v) is 4.30. The van der Waals surface area contributed by atoms with Crippen LogP contribution in [0.3, 0.4) is 0 Å². The van der Waals surface area contributed by atoms with Crippen LogP contribution in [0.2, 0.25) is 0 Å². The van der Waals surface area contributed by atoms with Crippen LogP contribution in [0.25, 0.3) is 11.4 Å². The molecule has 2 fully saturated rings. The van der Waals surface area contributed by atoms with Crippen LogP contribution in [0, 0.1) is 0 Å². The molecule has 2 aliphatic rings. The highest BCUT2D eigenvalue weighted by molar-refractivity contribution is 5.56. The fraction of sp³-hybridized carbons (Fsp3) is 0.524. The molecule has 144 valence electrons. The predicted molar refractivity (Wildman–Crippen MR) is 101 cm³/mol. The highest BCUT2D eigenvalue weighted by atomic mass is 19.3. The molecule has 0 radical (unpaired) electrons. The number of likely N-dealkylation sites (tertiary alicyclic amines) is 1. The van der Waals surface area contributed by atoms with E-state index in [0.717, 1.165) is 29.7 Å². The van der Waals surface area contributed by atoms with E-state index in [4.69, 9.17) is 4.98 Å². The SMILES string of the molecule is O=c1cc(C2CCCC2)nc(-c2cccc(CN3CCCC(F)(F)C3)c2)[nH]1. The Morgan fingerprint density at radius 1 is 1.19 bits per heavy atom. The van der Waals surface area contributed by atoms with Gasteiger partial charge in [-0.05, 0) is 37.4 Å². The first-order valence-electron chi connectivity index (χ1n) is 9.79. The number of piperidine rings is 1. The van der Waals surface area contributed by atoms with Crippen molar-refractivity contribution in [3.05, 3.63) is 51.9 Å². The number of hydrogen-bond acceptors (Lipinski definition) is 3. The summed E-state index contributed by atoms with van der Waals surface area (Å²) < 4.78 is 27.3. The Morgan fingerprint density at radius 3 is 2.78 bits per heavy atom. The van der Waals surface area contributed by atoms with Crippen molar-refractivity contribution in [1.29, 1.82) is 0 Å². The maximum atomic E-state index is 13.6. The molecule has 1 aromatic carbocycles. The van der Waals surface area contributed by atoms with E-state index in [9.17, 15) is 13.6 Å². The van der Waals surface area contributed by atoms with Crippen LogP contribution in [0.5, 0.6) is 0 Å². The standard InChI is InChI=1S/C21H25F2N3O/c22-21(23)9-4-10-26(14-21)13-15-5-3-8-17(11-15)20-24-18(12-19(27)25-20)16-6-1-2-7-16/h3,5,8,11-12,16H,1-2,4,6-7,9-10,13-14H2,(H,24,25,27). The van der Waals surface area contributed by atoms with E-state index in [-0.39, 0.29) is 18.5 Å². The zero-order chi connectivity index (χ0) is 18.9. The van der Waals surface area contributed by atoms with E-state index in [1.807, 2.05) is 24.3 Å². The number of aromatic amines is 1. The first-order valence-corrected chi connectivity index (χ1v) is 9.79. The maximum absolute atomic E-state index is 13.6. The van der Waals surface area contributed by atoms with E-state index in [1.165, 1.54) is 12.8 Å². The molecule has 1 aliphatic carbocycles. The molecule has 27 heavy (non-hydrogen) atoms. The smallest absolute Gasteiger partial charge is 0.260 e. The van der Waals surface area contributed by atoms with Gasteiger partial charge >= 0.3 is 0 Å². The third-order valence-electron chi connectivity index (χ3n) is 5.61. The highest BCUT2D eigenvalue weighted by Crippen LogP contribution is 2.33. The third-order valence-corrected chi connectivity index (χ3v) is 5.61. The van der Waals surface area contributed by atoms with Gasteiger partial charge in [0.25, 0.3) is 11.5 Å². The molecule has 4 nitrogen and oxygen atoms in total. The van der Waals surface area contributed by atoms with Gasteiger partial charge in [0.05, 0.1) is 12.2 Å². The van der Waals surface area contributed by atoms with Gasteiger partial charge in [-0.3, -0.25) is 9.69 Å². The molecular weight excluding hydrogens is 348 g/mol. The molecule has 0 bridgehead atoms. The van der Waals surface area contributed by atoms with E-state index < -0.39 is 5.92 Å². The minimum atomic E-state index is -2.60. The van der Waals surface area contributed by atoms with E-state index in [1.54, 1.807) is 11.0 Å². The number of aromatic nitrogens is 2. The molecule has 4 rings (SSSR count). The number of nitrogens with zero attached hydrogens (tertiary/aromatic N) is 2. The Kier molecular flexibility index (Phi) is 5.08. The van der Waals surface area contributed by atoms with Crippen LogP contribution >= 0.6 is 0 Å². The molecule has 1 saturated carbocycles. The average molecular weight is 373 g/mol. The number of benzene rings is 1. The maximum Gasteiger partial charge on any atom is 0.260 e. The monoisotopic (exact) mass is 373 g/mol. The molecular formula is C21H25F2N3O. The van der Waals surface area contributed by atoms with Crippen LogP contribution in [-0.4, -0.2) is 33.9 Å². The number of H-pyrrole nitrogens is 1. The van der Waals surface area contributed by atoms with Crippen molar-refractivity contribution in [2.75, 3.05) is 13.1 Å². The Bertz CT molecular complexity index is 859. The Hall–Kier alpha value is -2.08. The van der Waals surface area contributed by atoms with Crippen molar-refractivity contribution in [2.24, 2.45) is 0 Å². The lowest BCUT2D eigenvalue weighted by atomic mass is 10.0. The van der Waals surface area contributed by atoms with E-state index in [2.05, 4.69) is 4.98 Å². The number of rotatable bonds is 4. The van der Waals surface area contributed by atoms with Gasteiger partial charge in [-0.25, -0.2) is 13.8 Å². The molecule has 6 heteroatoms. The summed E-state index contributed by atoms with van der Waals surface area (Å²) in [5.41, 5.74) is 2.52. The summed E-state index contributed by atoms with van der Waals surface area (Å²) >= 11 is 0. The van der Waals surface area contributed by atoms with E-state index >= 15 is 0 Å². The van der Waals surface area contributed by atoms with Crippen LogP contribution in [-0.2, 0) is 6.54 Å². The largest absolute Gasteiger partial charge is 0.307 e. The van der Waals surface area contributed by atoms with Gasteiger partial charge in [0.1, 0.15) is 5.82 Å². The lowest BCUT2D eigenvalue weighted by Gasteiger charge is -2.32. The van der Waals surface area contributed by atoms with Gasteiger partial charge in [-0.15, -0.1) is 0 Å². The zero-order valence-electron chi connectivity index (χ0n) is 15.4. The van der Waals surface area contributed by atoms with Gasteiger partial charge in [0.2, 0.25) is 0 Å². The summed E-state index contributed by atoms with van der Waals surface area (Å²) in [7, 11) is 0. The van der Waals surface area contributed by atoms with Crippen molar-refractivity contribution >= 4 is 0 Å². The summed E-state index contributed by atoms with van der Waals surface area (Å²) in [6.07, 6.45) is 5.03. The zero-order valence-corrected chi connectivity index (χ0v) is 15.4. The molecule has 0 amide bonds. The summed E-state index contributed by atoms with van der Waals surface area (Å²) in [6.45, 7) is 0.978. The lowest BCUT2D eigenvalue weighted by Crippen LogP contribution is -2.41. The normalized spacial score (nSPS) is 20.8. The summed E-state index contributed by atoms with van der Waals surface area (Å²) in [6, 6.07) is 9.30. The molecule has 1 aromatic heterocycles. The molecule has 0 unspecified atom stereocenters. The second kappa shape index (κ2) is 7.50. The molecule has 1 aliphatic heterocycles. The van der Waals surface area contributed by atoms with Crippen molar-refractivity contribution < 1.29 is 8.78 Å². The number of hydrogen-bond donors (Lipinski definition) is 1. The molecule has 0 atom stereocenters. The number of alkyl halides is 2.